The van der Waals surface area contributed by atoms with E-state index in [9.17, 15) is 0 Å². The number of pyridine rings is 1. The number of anilines is 1. The van der Waals surface area contributed by atoms with Crippen LogP contribution in [0.4, 0.5) is 5.69 Å². The van der Waals surface area contributed by atoms with Gasteiger partial charge in [-0.3, -0.25) is 4.98 Å². The molecule has 1 fully saturated rings. The van der Waals surface area contributed by atoms with Crippen LogP contribution in [0.2, 0.25) is 0 Å². The molecule has 0 spiro atoms. The second-order valence-corrected chi connectivity index (χ2v) is 4.69. The molecule has 1 saturated heterocycles. The molecule has 2 heterocycles. The second kappa shape index (κ2) is 5.98. The van der Waals surface area contributed by atoms with Crippen molar-refractivity contribution >= 4 is 5.69 Å². The van der Waals surface area contributed by atoms with Gasteiger partial charge in [-0.15, -0.1) is 0 Å². The summed E-state index contributed by atoms with van der Waals surface area (Å²) in [7, 11) is 0. The number of hydrogen-bond donors (Lipinski definition) is 1. The Kier molecular flexibility index (Phi) is 4.34. The molecule has 1 aliphatic rings. The third kappa shape index (κ3) is 3.41. The molecule has 2 rings (SSSR count). The molecular weight excluding hydrogens is 214 g/mol. The van der Waals surface area contributed by atoms with E-state index in [4.69, 9.17) is 4.74 Å². The first-order valence-electron chi connectivity index (χ1n) is 6.25. The van der Waals surface area contributed by atoms with Crippen LogP contribution in [0.5, 0.6) is 0 Å². The highest BCUT2D eigenvalue weighted by atomic mass is 16.5. The molecule has 0 bridgehead atoms. The third-order valence-corrected chi connectivity index (χ3v) is 2.98. The molecule has 1 aromatic rings. The van der Waals surface area contributed by atoms with Gasteiger partial charge in [0.2, 0.25) is 0 Å². The van der Waals surface area contributed by atoms with Crippen molar-refractivity contribution < 1.29 is 4.74 Å². The summed E-state index contributed by atoms with van der Waals surface area (Å²) in [5, 5.41) is 3.48. The van der Waals surface area contributed by atoms with E-state index in [-0.39, 0.29) is 0 Å². The molecular formula is C13H21N3O. The van der Waals surface area contributed by atoms with Crippen molar-refractivity contribution in [2.45, 2.75) is 25.9 Å². The Morgan fingerprint density at radius 3 is 2.94 bits per heavy atom. The van der Waals surface area contributed by atoms with E-state index in [0.717, 1.165) is 26.3 Å². The Labute approximate surface area is 103 Å². The number of ether oxygens (including phenoxy) is 1. The molecule has 1 N–H and O–H groups in total. The summed E-state index contributed by atoms with van der Waals surface area (Å²) in [6, 6.07) is 5.05. The van der Waals surface area contributed by atoms with Crippen LogP contribution in [-0.2, 0) is 4.74 Å². The Bertz CT molecular complexity index is 329. The van der Waals surface area contributed by atoms with E-state index in [1.165, 1.54) is 5.69 Å². The maximum Gasteiger partial charge on any atom is 0.0683 e. The standard InChI is InChI=1S/C13H21N3O/c1-11(2)15-9-13-10-17-8-7-16(13)12-3-5-14-6-4-12/h3-6,11,13,15H,7-10H2,1-2H3. The fourth-order valence-corrected chi connectivity index (χ4v) is 2.07. The monoisotopic (exact) mass is 235 g/mol. The number of nitrogens with one attached hydrogen (secondary N) is 1. The van der Waals surface area contributed by atoms with Crippen LogP contribution in [0.1, 0.15) is 13.8 Å². The molecule has 1 aliphatic heterocycles. The SMILES string of the molecule is CC(C)NCC1COCCN1c1ccncc1. The molecule has 1 aromatic heterocycles. The van der Waals surface area contributed by atoms with Crippen LogP contribution in [0.3, 0.4) is 0 Å². The molecule has 0 aliphatic carbocycles. The molecule has 17 heavy (non-hydrogen) atoms. The van der Waals surface area contributed by atoms with E-state index in [1.807, 2.05) is 12.4 Å². The Hall–Kier alpha value is -1.13. The zero-order valence-corrected chi connectivity index (χ0v) is 10.6. The lowest BCUT2D eigenvalue weighted by atomic mass is 10.2. The summed E-state index contributed by atoms with van der Waals surface area (Å²) in [5.41, 5.74) is 1.24. The van der Waals surface area contributed by atoms with Crippen molar-refractivity contribution in [2.24, 2.45) is 0 Å². The summed E-state index contributed by atoms with van der Waals surface area (Å²) in [5.74, 6) is 0. The molecule has 1 unspecified atom stereocenters. The zero-order chi connectivity index (χ0) is 12.1. The van der Waals surface area contributed by atoms with Crippen LogP contribution < -0.4 is 10.2 Å². The second-order valence-electron chi connectivity index (χ2n) is 4.69. The molecule has 0 aromatic carbocycles. The third-order valence-electron chi connectivity index (χ3n) is 2.98. The number of aromatic nitrogens is 1. The Balaban J connectivity index is 2.02. The van der Waals surface area contributed by atoms with Gasteiger partial charge in [0, 0.05) is 37.2 Å². The highest BCUT2D eigenvalue weighted by molar-refractivity contribution is 5.46. The fraction of sp³-hybridized carbons (Fsp3) is 0.615. The van der Waals surface area contributed by atoms with Gasteiger partial charge >= 0.3 is 0 Å². The van der Waals surface area contributed by atoms with Gasteiger partial charge in [0.15, 0.2) is 0 Å². The maximum atomic E-state index is 5.57. The minimum atomic E-state index is 0.411. The molecule has 0 amide bonds. The van der Waals surface area contributed by atoms with Crippen LogP contribution >= 0.6 is 0 Å². The molecule has 0 radical (unpaired) electrons. The first-order chi connectivity index (χ1) is 8.27. The van der Waals surface area contributed by atoms with E-state index in [1.54, 1.807) is 0 Å². The topological polar surface area (TPSA) is 37.4 Å². The van der Waals surface area contributed by atoms with Crippen LogP contribution in [0.15, 0.2) is 24.5 Å². The van der Waals surface area contributed by atoms with Gasteiger partial charge < -0.3 is 15.0 Å². The van der Waals surface area contributed by atoms with Crippen molar-refractivity contribution in [3.8, 4) is 0 Å². The summed E-state index contributed by atoms with van der Waals surface area (Å²) >= 11 is 0. The highest BCUT2D eigenvalue weighted by Gasteiger charge is 2.22. The minimum absolute atomic E-state index is 0.411. The average Bonchev–Trinajstić information content (AvgIpc) is 2.38. The average molecular weight is 235 g/mol. The van der Waals surface area contributed by atoms with E-state index >= 15 is 0 Å². The predicted molar refractivity (Wildman–Crippen MR) is 69.3 cm³/mol. The van der Waals surface area contributed by atoms with E-state index < -0.39 is 0 Å². The smallest absolute Gasteiger partial charge is 0.0683 e. The lowest BCUT2D eigenvalue weighted by Gasteiger charge is -2.37. The fourth-order valence-electron chi connectivity index (χ4n) is 2.07. The van der Waals surface area contributed by atoms with Crippen molar-refractivity contribution in [1.29, 1.82) is 0 Å². The van der Waals surface area contributed by atoms with Gasteiger partial charge in [-0.2, -0.15) is 0 Å². The molecule has 4 nitrogen and oxygen atoms in total. The Morgan fingerprint density at radius 1 is 1.47 bits per heavy atom. The summed E-state index contributed by atoms with van der Waals surface area (Å²) in [6.45, 7) is 7.85. The number of rotatable bonds is 4. The first kappa shape index (κ1) is 12.3. The van der Waals surface area contributed by atoms with Crippen molar-refractivity contribution in [3.63, 3.8) is 0 Å². The van der Waals surface area contributed by atoms with Gasteiger partial charge in [0.25, 0.3) is 0 Å². The normalized spacial score (nSPS) is 20.9. The number of nitrogens with zero attached hydrogens (tertiary/aromatic N) is 2. The van der Waals surface area contributed by atoms with Crippen molar-refractivity contribution in [3.05, 3.63) is 24.5 Å². The summed E-state index contributed by atoms with van der Waals surface area (Å²) in [6.07, 6.45) is 3.69. The molecule has 0 saturated carbocycles. The quantitative estimate of drug-likeness (QED) is 0.853. The van der Waals surface area contributed by atoms with Gasteiger partial charge in [0.1, 0.15) is 0 Å². The maximum absolute atomic E-state index is 5.57. The zero-order valence-electron chi connectivity index (χ0n) is 10.6. The van der Waals surface area contributed by atoms with Crippen molar-refractivity contribution in [1.82, 2.24) is 10.3 Å². The molecule has 94 valence electrons. The van der Waals surface area contributed by atoms with Crippen LogP contribution in [-0.4, -0.2) is 43.4 Å². The summed E-state index contributed by atoms with van der Waals surface area (Å²) in [4.78, 5) is 6.47. The van der Waals surface area contributed by atoms with Gasteiger partial charge in [-0.05, 0) is 12.1 Å². The predicted octanol–water partition coefficient (Wildman–Crippen LogP) is 1.28. The first-order valence-corrected chi connectivity index (χ1v) is 6.25. The van der Waals surface area contributed by atoms with Crippen molar-refractivity contribution in [2.75, 3.05) is 31.2 Å². The minimum Gasteiger partial charge on any atom is -0.377 e. The number of morpholine rings is 1. The Morgan fingerprint density at radius 2 is 2.24 bits per heavy atom. The van der Waals surface area contributed by atoms with Gasteiger partial charge in [-0.1, -0.05) is 13.8 Å². The van der Waals surface area contributed by atoms with Gasteiger partial charge in [-0.25, -0.2) is 0 Å². The molecule has 4 heteroatoms. The van der Waals surface area contributed by atoms with Crippen LogP contribution in [0, 0.1) is 0 Å². The lowest BCUT2D eigenvalue weighted by Crippen LogP contribution is -2.51. The summed E-state index contributed by atoms with van der Waals surface area (Å²) < 4.78 is 5.57. The van der Waals surface area contributed by atoms with Gasteiger partial charge in [0.05, 0.1) is 19.3 Å². The van der Waals surface area contributed by atoms with Crippen LogP contribution in [0.25, 0.3) is 0 Å². The highest BCUT2D eigenvalue weighted by Crippen LogP contribution is 2.18. The van der Waals surface area contributed by atoms with E-state index in [0.29, 0.717) is 12.1 Å². The number of hydrogen-bond acceptors (Lipinski definition) is 4. The largest absolute Gasteiger partial charge is 0.377 e. The van der Waals surface area contributed by atoms with E-state index in [2.05, 4.69) is 41.2 Å². The lowest BCUT2D eigenvalue weighted by molar-refractivity contribution is 0.0932. The molecule has 1 atom stereocenters.